The van der Waals surface area contributed by atoms with Crippen LogP contribution >= 0.6 is 0 Å². The number of hydrogen-bond donors (Lipinski definition) is 1. The summed E-state index contributed by atoms with van der Waals surface area (Å²) in [7, 11) is 0. The Kier molecular flexibility index (Phi) is 5.83. The van der Waals surface area contributed by atoms with Crippen LogP contribution in [0.3, 0.4) is 0 Å². The van der Waals surface area contributed by atoms with Gasteiger partial charge in [0.1, 0.15) is 0 Å². The average Bonchev–Trinajstić information content (AvgIpc) is 2.60. The molecule has 0 saturated heterocycles. The van der Waals surface area contributed by atoms with Crippen LogP contribution in [0.15, 0.2) is 23.3 Å². The Hall–Kier alpha value is -0.560. The molecular weight excluding hydrogens is 196 g/mol. The Labute approximate surface area is 100 Å². The summed E-state index contributed by atoms with van der Waals surface area (Å²) in [6.45, 7) is 6.50. The van der Waals surface area contributed by atoms with Crippen molar-refractivity contribution in [3.63, 3.8) is 0 Å². The van der Waals surface area contributed by atoms with Gasteiger partial charge < -0.3 is 5.11 Å². The van der Waals surface area contributed by atoms with Crippen LogP contribution in [0.1, 0.15) is 59.3 Å². The molecule has 1 saturated carbocycles. The molecule has 1 aliphatic carbocycles. The minimum Gasteiger partial charge on any atom is -0.393 e. The summed E-state index contributed by atoms with van der Waals surface area (Å²) in [4.78, 5) is 0. The largest absolute Gasteiger partial charge is 0.393 e. The first kappa shape index (κ1) is 13.5. The SMILES string of the molecule is CC(C)=CCC/C(C)=C/CC1CCCC1O. The van der Waals surface area contributed by atoms with E-state index in [1.807, 2.05) is 0 Å². The van der Waals surface area contributed by atoms with Gasteiger partial charge in [0.05, 0.1) is 6.10 Å². The Morgan fingerprint density at radius 2 is 1.94 bits per heavy atom. The van der Waals surface area contributed by atoms with Crippen molar-refractivity contribution in [2.75, 3.05) is 0 Å². The van der Waals surface area contributed by atoms with Gasteiger partial charge in [-0.15, -0.1) is 0 Å². The van der Waals surface area contributed by atoms with Crippen LogP contribution in [0, 0.1) is 5.92 Å². The summed E-state index contributed by atoms with van der Waals surface area (Å²) in [6.07, 6.45) is 11.4. The van der Waals surface area contributed by atoms with Crippen LogP contribution < -0.4 is 0 Å². The third-order valence-electron chi connectivity index (χ3n) is 3.48. The fraction of sp³-hybridized carbons (Fsp3) is 0.733. The molecule has 1 fully saturated rings. The standard InChI is InChI=1S/C15H26O/c1-12(2)6-4-7-13(3)10-11-14-8-5-9-15(14)16/h6,10,14-16H,4-5,7-9,11H2,1-3H3/b13-10+. The highest BCUT2D eigenvalue weighted by Crippen LogP contribution is 2.29. The molecule has 0 aromatic carbocycles. The zero-order chi connectivity index (χ0) is 12.0. The lowest BCUT2D eigenvalue weighted by molar-refractivity contribution is 0.134. The maximum absolute atomic E-state index is 9.71. The molecule has 1 nitrogen and oxygen atoms in total. The van der Waals surface area contributed by atoms with Gasteiger partial charge in [-0.2, -0.15) is 0 Å². The fourth-order valence-corrected chi connectivity index (χ4v) is 2.34. The van der Waals surface area contributed by atoms with Gasteiger partial charge >= 0.3 is 0 Å². The van der Waals surface area contributed by atoms with E-state index in [0.29, 0.717) is 5.92 Å². The minimum absolute atomic E-state index is 0.0400. The van der Waals surface area contributed by atoms with Crippen molar-refractivity contribution in [1.82, 2.24) is 0 Å². The van der Waals surface area contributed by atoms with Crippen LogP contribution in [-0.2, 0) is 0 Å². The minimum atomic E-state index is -0.0400. The lowest BCUT2D eigenvalue weighted by Gasteiger charge is -2.11. The van der Waals surface area contributed by atoms with Gasteiger partial charge in [0.15, 0.2) is 0 Å². The molecule has 1 heteroatoms. The molecule has 0 heterocycles. The monoisotopic (exact) mass is 222 g/mol. The third-order valence-corrected chi connectivity index (χ3v) is 3.48. The van der Waals surface area contributed by atoms with Gasteiger partial charge in [-0.25, -0.2) is 0 Å². The second-order valence-electron chi connectivity index (χ2n) is 5.36. The van der Waals surface area contributed by atoms with Gasteiger partial charge in [-0.05, 0) is 58.8 Å². The smallest absolute Gasteiger partial charge is 0.0571 e. The molecule has 1 rings (SSSR count). The topological polar surface area (TPSA) is 20.2 Å². The second kappa shape index (κ2) is 6.90. The van der Waals surface area contributed by atoms with E-state index >= 15 is 0 Å². The van der Waals surface area contributed by atoms with E-state index in [1.165, 1.54) is 24.0 Å². The van der Waals surface area contributed by atoms with E-state index < -0.39 is 0 Å². The highest BCUT2D eigenvalue weighted by molar-refractivity contribution is 5.03. The number of aliphatic hydroxyl groups is 1. The van der Waals surface area contributed by atoms with E-state index in [4.69, 9.17) is 0 Å². The van der Waals surface area contributed by atoms with E-state index in [2.05, 4.69) is 32.9 Å². The van der Waals surface area contributed by atoms with Crippen molar-refractivity contribution in [3.05, 3.63) is 23.3 Å². The van der Waals surface area contributed by atoms with Crippen LogP contribution in [0.2, 0.25) is 0 Å². The summed E-state index contributed by atoms with van der Waals surface area (Å²) in [5.41, 5.74) is 2.87. The number of allylic oxidation sites excluding steroid dienone is 4. The maximum Gasteiger partial charge on any atom is 0.0571 e. The van der Waals surface area contributed by atoms with Crippen molar-refractivity contribution in [3.8, 4) is 0 Å². The van der Waals surface area contributed by atoms with Gasteiger partial charge in [0.2, 0.25) is 0 Å². The maximum atomic E-state index is 9.71. The molecule has 0 aromatic rings. The summed E-state index contributed by atoms with van der Waals surface area (Å²) in [5, 5.41) is 9.71. The highest BCUT2D eigenvalue weighted by Gasteiger charge is 2.23. The normalized spacial score (nSPS) is 25.9. The van der Waals surface area contributed by atoms with Crippen LogP contribution in [0.4, 0.5) is 0 Å². The molecule has 0 aliphatic heterocycles. The summed E-state index contributed by atoms with van der Waals surface area (Å²) < 4.78 is 0. The number of hydrogen-bond acceptors (Lipinski definition) is 1. The van der Waals surface area contributed by atoms with Gasteiger partial charge in [0, 0.05) is 0 Å². The zero-order valence-corrected chi connectivity index (χ0v) is 11.0. The molecule has 1 N–H and O–H groups in total. The van der Waals surface area contributed by atoms with E-state index in [9.17, 15) is 5.11 Å². The Bertz CT molecular complexity index is 259. The molecule has 92 valence electrons. The van der Waals surface area contributed by atoms with Crippen molar-refractivity contribution >= 4 is 0 Å². The fourth-order valence-electron chi connectivity index (χ4n) is 2.34. The second-order valence-corrected chi connectivity index (χ2v) is 5.36. The predicted octanol–water partition coefficient (Wildman–Crippen LogP) is 4.23. The first-order chi connectivity index (χ1) is 7.59. The lowest BCUT2D eigenvalue weighted by atomic mass is 9.99. The Morgan fingerprint density at radius 3 is 2.50 bits per heavy atom. The summed E-state index contributed by atoms with van der Waals surface area (Å²) in [5.74, 6) is 0.526. The van der Waals surface area contributed by atoms with Gasteiger partial charge in [-0.1, -0.05) is 29.7 Å². The number of aliphatic hydroxyl groups excluding tert-OH is 1. The van der Waals surface area contributed by atoms with Crippen molar-refractivity contribution in [1.29, 1.82) is 0 Å². The quantitative estimate of drug-likeness (QED) is 0.690. The molecule has 16 heavy (non-hydrogen) atoms. The van der Waals surface area contributed by atoms with Gasteiger partial charge in [-0.3, -0.25) is 0 Å². The molecule has 1 aliphatic rings. The van der Waals surface area contributed by atoms with Crippen molar-refractivity contribution in [2.24, 2.45) is 5.92 Å². The van der Waals surface area contributed by atoms with E-state index in [0.717, 1.165) is 25.7 Å². The highest BCUT2D eigenvalue weighted by atomic mass is 16.3. The molecular formula is C15H26O. The van der Waals surface area contributed by atoms with Crippen molar-refractivity contribution < 1.29 is 5.11 Å². The molecule has 0 bridgehead atoms. The molecule has 0 spiro atoms. The average molecular weight is 222 g/mol. The van der Waals surface area contributed by atoms with Crippen molar-refractivity contribution in [2.45, 2.75) is 65.4 Å². The first-order valence-electron chi connectivity index (χ1n) is 6.56. The molecule has 2 unspecified atom stereocenters. The third kappa shape index (κ3) is 4.98. The summed E-state index contributed by atoms with van der Waals surface area (Å²) in [6, 6.07) is 0. The van der Waals surface area contributed by atoms with Crippen LogP contribution in [-0.4, -0.2) is 11.2 Å². The molecule has 0 amide bonds. The first-order valence-corrected chi connectivity index (χ1v) is 6.56. The number of rotatable bonds is 5. The Morgan fingerprint density at radius 1 is 1.19 bits per heavy atom. The molecule has 0 radical (unpaired) electrons. The lowest BCUT2D eigenvalue weighted by Crippen LogP contribution is -2.11. The van der Waals surface area contributed by atoms with E-state index in [1.54, 1.807) is 0 Å². The van der Waals surface area contributed by atoms with Crippen LogP contribution in [0.25, 0.3) is 0 Å². The Balaban J connectivity index is 2.25. The van der Waals surface area contributed by atoms with Crippen LogP contribution in [0.5, 0.6) is 0 Å². The summed E-state index contributed by atoms with van der Waals surface area (Å²) >= 11 is 0. The van der Waals surface area contributed by atoms with Gasteiger partial charge in [0.25, 0.3) is 0 Å². The van der Waals surface area contributed by atoms with E-state index in [-0.39, 0.29) is 6.10 Å². The predicted molar refractivity (Wildman–Crippen MR) is 70.4 cm³/mol. The zero-order valence-electron chi connectivity index (χ0n) is 11.0. The molecule has 2 atom stereocenters. The molecule has 0 aromatic heterocycles.